The van der Waals surface area contributed by atoms with Crippen LogP contribution in [0.25, 0.3) is 0 Å². The summed E-state index contributed by atoms with van der Waals surface area (Å²) in [5, 5.41) is 3.57. The lowest BCUT2D eigenvalue weighted by atomic mass is 9.97. The Morgan fingerprint density at radius 2 is 1.81 bits per heavy atom. The van der Waals surface area contributed by atoms with Gasteiger partial charge in [-0.3, -0.25) is 0 Å². The molecule has 2 heteroatoms. The van der Waals surface area contributed by atoms with Crippen LogP contribution in [-0.2, 0) is 0 Å². The van der Waals surface area contributed by atoms with E-state index in [2.05, 4.69) is 39.1 Å². The van der Waals surface area contributed by atoms with Gasteiger partial charge in [0.1, 0.15) is 11.5 Å². The lowest BCUT2D eigenvalue weighted by Gasteiger charge is -2.20. The van der Waals surface area contributed by atoms with Crippen LogP contribution in [0.2, 0.25) is 0 Å². The standard InChI is InChI=1S/C14H25NO/c1-9(2)10(3)8-15-12(5)14-7-11(4)16-13(14)6/h7,9-10,12,15H,8H2,1-6H3. The summed E-state index contributed by atoms with van der Waals surface area (Å²) in [6.45, 7) is 14.1. The van der Waals surface area contributed by atoms with Crippen LogP contribution >= 0.6 is 0 Å². The lowest BCUT2D eigenvalue weighted by Crippen LogP contribution is -2.26. The molecule has 2 atom stereocenters. The van der Waals surface area contributed by atoms with Crippen LogP contribution in [-0.4, -0.2) is 6.54 Å². The van der Waals surface area contributed by atoms with Crippen molar-refractivity contribution < 1.29 is 4.42 Å². The number of hydrogen-bond donors (Lipinski definition) is 1. The lowest BCUT2D eigenvalue weighted by molar-refractivity contribution is 0.374. The molecule has 0 fully saturated rings. The van der Waals surface area contributed by atoms with Crippen molar-refractivity contribution in [3.05, 3.63) is 23.2 Å². The molecule has 0 bridgehead atoms. The minimum Gasteiger partial charge on any atom is -0.466 e. The Kier molecular flexibility index (Phi) is 4.60. The van der Waals surface area contributed by atoms with Crippen LogP contribution in [0, 0.1) is 25.7 Å². The first-order valence-corrected chi connectivity index (χ1v) is 6.22. The Morgan fingerprint density at radius 1 is 1.19 bits per heavy atom. The second kappa shape index (κ2) is 5.53. The van der Waals surface area contributed by atoms with Crippen molar-refractivity contribution in [3.63, 3.8) is 0 Å². The van der Waals surface area contributed by atoms with Crippen molar-refractivity contribution in [3.8, 4) is 0 Å². The number of furan rings is 1. The summed E-state index contributed by atoms with van der Waals surface area (Å²) in [5.74, 6) is 3.47. The fourth-order valence-corrected chi connectivity index (χ4v) is 1.79. The van der Waals surface area contributed by atoms with Crippen molar-refractivity contribution in [1.82, 2.24) is 5.32 Å². The van der Waals surface area contributed by atoms with Gasteiger partial charge in [-0.25, -0.2) is 0 Å². The van der Waals surface area contributed by atoms with E-state index in [1.165, 1.54) is 5.56 Å². The molecular weight excluding hydrogens is 198 g/mol. The summed E-state index contributed by atoms with van der Waals surface area (Å²) in [6.07, 6.45) is 0. The van der Waals surface area contributed by atoms with Gasteiger partial charge in [-0.2, -0.15) is 0 Å². The topological polar surface area (TPSA) is 25.2 Å². The molecule has 16 heavy (non-hydrogen) atoms. The molecule has 1 N–H and O–H groups in total. The van der Waals surface area contributed by atoms with Crippen molar-refractivity contribution in [2.24, 2.45) is 11.8 Å². The van der Waals surface area contributed by atoms with E-state index in [1.807, 2.05) is 13.8 Å². The maximum Gasteiger partial charge on any atom is 0.105 e. The molecule has 92 valence electrons. The van der Waals surface area contributed by atoms with E-state index < -0.39 is 0 Å². The second-order valence-electron chi connectivity index (χ2n) is 5.22. The van der Waals surface area contributed by atoms with Gasteiger partial charge in [-0.15, -0.1) is 0 Å². The van der Waals surface area contributed by atoms with Crippen LogP contribution in [0.15, 0.2) is 10.5 Å². The van der Waals surface area contributed by atoms with Crippen LogP contribution in [0.4, 0.5) is 0 Å². The maximum atomic E-state index is 5.55. The molecule has 1 aromatic rings. The zero-order valence-corrected chi connectivity index (χ0v) is 11.4. The fourth-order valence-electron chi connectivity index (χ4n) is 1.79. The Hall–Kier alpha value is -0.760. The summed E-state index contributed by atoms with van der Waals surface area (Å²) in [6, 6.07) is 2.51. The third kappa shape index (κ3) is 3.38. The van der Waals surface area contributed by atoms with Gasteiger partial charge in [0.25, 0.3) is 0 Å². The Morgan fingerprint density at radius 3 is 2.25 bits per heavy atom. The van der Waals surface area contributed by atoms with E-state index >= 15 is 0 Å². The number of nitrogens with one attached hydrogen (secondary N) is 1. The molecule has 2 nitrogen and oxygen atoms in total. The van der Waals surface area contributed by atoms with E-state index in [0.29, 0.717) is 12.0 Å². The predicted octanol–water partition coefficient (Wildman–Crippen LogP) is 3.84. The Bertz CT molecular complexity index is 327. The molecule has 0 aliphatic heterocycles. The molecule has 0 saturated carbocycles. The van der Waals surface area contributed by atoms with E-state index in [-0.39, 0.29) is 0 Å². The van der Waals surface area contributed by atoms with E-state index in [0.717, 1.165) is 24.0 Å². The van der Waals surface area contributed by atoms with Gasteiger partial charge in [-0.05, 0) is 45.2 Å². The molecule has 0 aromatic carbocycles. The molecule has 2 unspecified atom stereocenters. The predicted molar refractivity (Wildman–Crippen MR) is 68.6 cm³/mol. The average Bonchev–Trinajstić information content (AvgIpc) is 2.53. The van der Waals surface area contributed by atoms with Gasteiger partial charge in [0.2, 0.25) is 0 Å². The summed E-state index contributed by atoms with van der Waals surface area (Å²) in [5.41, 5.74) is 1.29. The molecule has 0 spiro atoms. The molecule has 0 aliphatic carbocycles. The van der Waals surface area contributed by atoms with Crippen molar-refractivity contribution in [2.45, 2.75) is 47.6 Å². The highest BCUT2D eigenvalue weighted by Crippen LogP contribution is 2.21. The van der Waals surface area contributed by atoms with E-state index in [1.54, 1.807) is 0 Å². The van der Waals surface area contributed by atoms with Gasteiger partial charge >= 0.3 is 0 Å². The fraction of sp³-hybridized carbons (Fsp3) is 0.714. The van der Waals surface area contributed by atoms with Crippen LogP contribution in [0.3, 0.4) is 0 Å². The average molecular weight is 223 g/mol. The highest BCUT2D eigenvalue weighted by Gasteiger charge is 2.14. The summed E-state index contributed by atoms with van der Waals surface area (Å²) < 4.78 is 5.55. The maximum absolute atomic E-state index is 5.55. The van der Waals surface area contributed by atoms with Crippen molar-refractivity contribution >= 4 is 0 Å². The first-order chi connectivity index (χ1) is 7.41. The van der Waals surface area contributed by atoms with Gasteiger partial charge in [0.15, 0.2) is 0 Å². The van der Waals surface area contributed by atoms with Gasteiger partial charge in [-0.1, -0.05) is 20.8 Å². The number of rotatable bonds is 5. The third-order valence-electron chi connectivity index (χ3n) is 3.43. The first kappa shape index (κ1) is 13.3. The minimum atomic E-state index is 0.374. The summed E-state index contributed by atoms with van der Waals surface area (Å²) >= 11 is 0. The van der Waals surface area contributed by atoms with Gasteiger partial charge in [0, 0.05) is 11.6 Å². The SMILES string of the molecule is Cc1cc(C(C)NCC(C)C(C)C)c(C)o1. The second-order valence-corrected chi connectivity index (χ2v) is 5.22. The van der Waals surface area contributed by atoms with E-state index in [4.69, 9.17) is 4.42 Å². The zero-order chi connectivity index (χ0) is 12.3. The number of hydrogen-bond acceptors (Lipinski definition) is 2. The molecule has 0 saturated heterocycles. The smallest absolute Gasteiger partial charge is 0.105 e. The van der Waals surface area contributed by atoms with Gasteiger partial charge < -0.3 is 9.73 Å². The largest absolute Gasteiger partial charge is 0.466 e. The highest BCUT2D eigenvalue weighted by molar-refractivity contribution is 5.23. The molecule has 0 amide bonds. The third-order valence-corrected chi connectivity index (χ3v) is 3.43. The van der Waals surface area contributed by atoms with Crippen molar-refractivity contribution in [2.75, 3.05) is 6.54 Å². The zero-order valence-electron chi connectivity index (χ0n) is 11.4. The van der Waals surface area contributed by atoms with E-state index in [9.17, 15) is 0 Å². The normalized spacial score (nSPS) is 15.4. The Balaban J connectivity index is 2.53. The van der Waals surface area contributed by atoms with Crippen LogP contribution < -0.4 is 5.32 Å². The number of aryl methyl sites for hydroxylation is 2. The summed E-state index contributed by atoms with van der Waals surface area (Å²) in [7, 11) is 0. The Labute approximate surface area is 99.4 Å². The first-order valence-electron chi connectivity index (χ1n) is 6.22. The molecule has 0 radical (unpaired) electrons. The molecule has 1 heterocycles. The minimum absolute atomic E-state index is 0.374. The van der Waals surface area contributed by atoms with Crippen LogP contribution in [0.5, 0.6) is 0 Å². The molecule has 0 aliphatic rings. The molecule has 1 rings (SSSR count). The molecule has 1 aromatic heterocycles. The van der Waals surface area contributed by atoms with Crippen molar-refractivity contribution in [1.29, 1.82) is 0 Å². The monoisotopic (exact) mass is 223 g/mol. The summed E-state index contributed by atoms with van der Waals surface area (Å²) in [4.78, 5) is 0. The van der Waals surface area contributed by atoms with Crippen LogP contribution in [0.1, 0.15) is 50.8 Å². The highest BCUT2D eigenvalue weighted by atomic mass is 16.3. The van der Waals surface area contributed by atoms with Gasteiger partial charge in [0.05, 0.1) is 0 Å². The quantitative estimate of drug-likeness (QED) is 0.820. The molecular formula is C14H25NO.